The van der Waals surface area contributed by atoms with Crippen LogP contribution in [-0.2, 0) is 4.74 Å². The van der Waals surface area contributed by atoms with Gasteiger partial charge in [0.25, 0.3) is 5.91 Å². The fourth-order valence-corrected chi connectivity index (χ4v) is 5.74. The summed E-state index contributed by atoms with van der Waals surface area (Å²) in [6.45, 7) is 6.98. The number of benzene rings is 3. The zero-order valence-corrected chi connectivity index (χ0v) is 20.2. The highest BCUT2D eigenvalue weighted by molar-refractivity contribution is 7.22. The average molecular weight is 480 g/mol. The minimum Gasteiger partial charge on any atom is -0.379 e. The highest BCUT2D eigenvalue weighted by Crippen LogP contribution is 2.34. The van der Waals surface area contributed by atoms with Crippen LogP contribution in [0, 0.1) is 6.92 Å². The van der Waals surface area contributed by atoms with E-state index in [1.165, 1.54) is 11.3 Å². The molecule has 0 unspecified atom stereocenters. The molecule has 1 aromatic heterocycles. The van der Waals surface area contributed by atoms with Crippen LogP contribution in [0.1, 0.15) is 22.3 Å². The van der Waals surface area contributed by atoms with Crippen molar-refractivity contribution >= 4 is 55.0 Å². The first-order valence-corrected chi connectivity index (χ1v) is 12.5. The molecule has 33 heavy (non-hydrogen) atoms. The summed E-state index contributed by atoms with van der Waals surface area (Å²) >= 11 is 7.80. The molecule has 2 heterocycles. The number of hydrogen-bond donors (Lipinski definition) is 0. The van der Waals surface area contributed by atoms with Gasteiger partial charge in [-0.25, -0.2) is 4.98 Å². The van der Waals surface area contributed by atoms with Gasteiger partial charge in [0.15, 0.2) is 5.13 Å². The molecule has 0 atom stereocenters. The Labute approximate surface area is 202 Å². The number of carbonyl (C=O) groups excluding carboxylic acids is 1. The lowest BCUT2D eigenvalue weighted by Gasteiger charge is -2.27. The van der Waals surface area contributed by atoms with E-state index in [4.69, 9.17) is 21.3 Å². The fraction of sp³-hybridized carbons (Fsp3) is 0.308. The van der Waals surface area contributed by atoms with Crippen molar-refractivity contribution in [1.29, 1.82) is 0 Å². The Bertz CT molecular complexity index is 1300. The van der Waals surface area contributed by atoms with Gasteiger partial charge in [-0.1, -0.05) is 53.3 Å². The molecule has 3 aromatic carbocycles. The van der Waals surface area contributed by atoms with Crippen molar-refractivity contribution in [3.05, 3.63) is 70.7 Å². The predicted molar refractivity (Wildman–Crippen MR) is 137 cm³/mol. The van der Waals surface area contributed by atoms with Crippen LogP contribution in [0.3, 0.4) is 0 Å². The van der Waals surface area contributed by atoms with Crippen LogP contribution in [-0.4, -0.2) is 55.2 Å². The fourth-order valence-electron chi connectivity index (χ4n) is 4.30. The maximum absolute atomic E-state index is 13.7. The van der Waals surface area contributed by atoms with Gasteiger partial charge >= 0.3 is 0 Å². The number of amides is 1. The summed E-state index contributed by atoms with van der Waals surface area (Å²) < 4.78 is 6.46. The maximum atomic E-state index is 13.7. The molecule has 1 fully saturated rings. The van der Waals surface area contributed by atoms with Crippen molar-refractivity contribution in [3.8, 4) is 0 Å². The van der Waals surface area contributed by atoms with Crippen molar-refractivity contribution in [3.63, 3.8) is 0 Å². The predicted octanol–water partition coefficient (Wildman–Crippen LogP) is 5.78. The van der Waals surface area contributed by atoms with Crippen LogP contribution < -0.4 is 4.90 Å². The molecule has 1 aliphatic rings. The first kappa shape index (κ1) is 22.3. The van der Waals surface area contributed by atoms with E-state index in [9.17, 15) is 4.79 Å². The molecule has 7 heteroatoms. The minimum atomic E-state index is -0.0227. The SMILES string of the molecule is Cc1cc(Cl)cc2sc(N(CCCN3CCOCC3)C(=O)c3ccc4ccccc4c3)nc12. The summed E-state index contributed by atoms with van der Waals surface area (Å²) in [4.78, 5) is 22.8. The number of aryl methyl sites for hydroxylation is 1. The molecule has 0 radical (unpaired) electrons. The standard InChI is InChI=1S/C26H26ClN3O2S/c1-18-15-22(27)17-23-24(18)28-26(33-23)30(10-4-9-29-11-13-32-14-12-29)25(31)21-8-7-19-5-2-3-6-20(19)16-21/h2-3,5-8,15-17H,4,9-14H2,1H3. The van der Waals surface area contributed by atoms with Gasteiger partial charge in [-0.15, -0.1) is 0 Å². The second kappa shape index (κ2) is 9.77. The highest BCUT2D eigenvalue weighted by Gasteiger charge is 2.23. The molecule has 1 aliphatic heterocycles. The molecule has 1 saturated heterocycles. The van der Waals surface area contributed by atoms with Crippen LogP contribution in [0.4, 0.5) is 5.13 Å². The Kier molecular flexibility index (Phi) is 6.60. The van der Waals surface area contributed by atoms with Crippen LogP contribution in [0.25, 0.3) is 21.0 Å². The zero-order chi connectivity index (χ0) is 22.8. The van der Waals surface area contributed by atoms with E-state index in [-0.39, 0.29) is 5.91 Å². The summed E-state index contributed by atoms with van der Waals surface area (Å²) in [7, 11) is 0. The summed E-state index contributed by atoms with van der Waals surface area (Å²) in [6, 6.07) is 17.8. The van der Waals surface area contributed by atoms with Gasteiger partial charge in [0.2, 0.25) is 0 Å². The maximum Gasteiger partial charge on any atom is 0.260 e. The molecule has 0 saturated carbocycles. The van der Waals surface area contributed by atoms with E-state index in [2.05, 4.69) is 11.0 Å². The average Bonchev–Trinajstić information content (AvgIpc) is 3.26. The van der Waals surface area contributed by atoms with Gasteiger partial charge in [0.1, 0.15) is 0 Å². The number of rotatable bonds is 6. The van der Waals surface area contributed by atoms with Crippen molar-refractivity contribution in [1.82, 2.24) is 9.88 Å². The normalized spacial score (nSPS) is 14.7. The van der Waals surface area contributed by atoms with Gasteiger partial charge < -0.3 is 4.74 Å². The lowest BCUT2D eigenvalue weighted by atomic mass is 10.1. The Hall–Kier alpha value is -2.51. The molecule has 0 spiro atoms. The first-order valence-electron chi connectivity index (χ1n) is 11.3. The van der Waals surface area contributed by atoms with E-state index in [0.717, 1.165) is 71.0 Å². The van der Waals surface area contributed by atoms with Crippen molar-refractivity contribution < 1.29 is 9.53 Å². The number of nitrogens with zero attached hydrogens (tertiary/aromatic N) is 3. The highest BCUT2D eigenvalue weighted by atomic mass is 35.5. The monoisotopic (exact) mass is 479 g/mol. The number of halogens is 1. The van der Waals surface area contributed by atoms with E-state index in [0.29, 0.717) is 17.1 Å². The summed E-state index contributed by atoms with van der Waals surface area (Å²) in [6.07, 6.45) is 0.870. The summed E-state index contributed by atoms with van der Waals surface area (Å²) in [5, 5.41) is 3.59. The number of morpholine rings is 1. The third-order valence-electron chi connectivity index (χ3n) is 6.07. The van der Waals surface area contributed by atoms with Gasteiger partial charge in [-0.05, 0) is 53.9 Å². The molecule has 5 nitrogen and oxygen atoms in total. The molecule has 5 rings (SSSR count). The number of fused-ring (bicyclic) bond motifs is 2. The van der Waals surface area contributed by atoms with Crippen LogP contribution in [0.5, 0.6) is 0 Å². The molecule has 170 valence electrons. The molecular weight excluding hydrogens is 454 g/mol. The molecule has 0 aliphatic carbocycles. The van der Waals surface area contributed by atoms with Crippen LogP contribution >= 0.6 is 22.9 Å². The second-order valence-corrected chi connectivity index (χ2v) is 9.84. The first-order chi connectivity index (χ1) is 16.1. The summed E-state index contributed by atoms with van der Waals surface area (Å²) in [5.74, 6) is -0.0227. The number of anilines is 1. The van der Waals surface area contributed by atoms with Gasteiger partial charge in [0.05, 0.1) is 23.4 Å². The van der Waals surface area contributed by atoms with Crippen molar-refractivity contribution in [2.24, 2.45) is 0 Å². The lowest BCUT2D eigenvalue weighted by Crippen LogP contribution is -2.39. The van der Waals surface area contributed by atoms with E-state index in [1.54, 1.807) is 0 Å². The third kappa shape index (κ3) is 4.89. The quantitative estimate of drug-likeness (QED) is 0.351. The van der Waals surface area contributed by atoms with Crippen molar-refractivity contribution in [2.45, 2.75) is 13.3 Å². The topological polar surface area (TPSA) is 45.7 Å². The van der Waals surface area contributed by atoms with E-state index in [1.807, 2.05) is 60.4 Å². The minimum absolute atomic E-state index is 0.0227. The molecule has 1 amide bonds. The van der Waals surface area contributed by atoms with Crippen molar-refractivity contribution in [2.75, 3.05) is 44.3 Å². The Morgan fingerprint density at radius 1 is 1.12 bits per heavy atom. The van der Waals surface area contributed by atoms with Gasteiger partial charge in [-0.3, -0.25) is 14.6 Å². The number of hydrogen-bond acceptors (Lipinski definition) is 5. The van der Waals surface area contributed by atoms with Crippen LogP contribution in [0.2, 0.25) is 5.02 Å². The van der Waals surface area contributed by atoms with Gasteiger partial charge in [0, 0.05) is 36.8 Å². The zero-order valence-electron chi connectivity index (χ0n) is 18.6. The van der Waals surface area contributed by atoms with E-state index >= 15 is 0 Å². The molecular formula is C26H26ClN3O2S. The number of ether oxygens (including phenoxy) is 1. The Balaban J connectivity index is 1.45. The largest absolute Gasteiger partial charge is 0.379 e. The Morgan fingerprint density at radius 3 is 2.73 bits per heavy atom. The Morgan fingerprint density at radius 2 is 1.91 bits per heavy atom. The number of carbonyl (C=O) groups is 1. The van der Waals surface area contributed by atoms with Gasteiger partial charge in [-0.2, -0.15) is 0 Å². The molecule has 0 N–H and O–H groups in total. The second-order valence-electron chi connectivity index (χ2n) is 8.39. The molecule has 4 aromatic rings. The number of thiazole rings is 1. The van der Waals surface area contributed by atoms with Crippen LogP contribution in [0.15, 0.2) is 54.6 Å². The third-order valence-corrected chi connectivity index (χ3v) is 7.31. The molecule has 0 bridgehead atoms. The lowest BCUT2D eigenvalue weighted by molar-refractivity contribution is 0.0376. The summed E-state index contributed by atoms with van der Waals surface area (Å²) in [5.41, 5.74) is 2.60. The van der Waals surface area contributed by atoms with E-state index < -0.39 is 0 Å². The number of aromatic nitrogens is 1. The smallest absolute Gasteiger partial charge is 0.260 e.